The van der Waals surface area contributed by atoms with Crippen molar-refractivity contribution in [1.29, 1.82) is 0 Å². The number of carbonyl (C=O) groups excluding carboxylic acids is 1. The molecular formula is C14H11BrClFOS. The first-order valence-corrected chi connectivity index (χ1v) is 7.79. The topological polar surface area (TPSA) is 17.1 Å². The minimum absolute atomic E-state index is 0.133. The van der Waals surface area contributed by atoms with Crippen LogP contribution in [0.15, 0.2) is 28.7 Å². The maximum atomic E-state index is 13.2. The summed E-state index contributed by atoms with van der Waals surface area (Å²) < 4.78 is 13.8. The van der Waals surface area contributed by atoms with Gasteiger partial charge in [-0.1, -0.05) is 18.5 Å². The van der Waals surface area contributed by atoms with Gasteiger partial charge < -0.3 is 0 Å². The maximum absolute atomic E-state index is 13.2. The lowest BCUT2D eigenvalue weighted by molar-refractivity contribution is 0.0985. The van der Waals surface area contributed by atoms with Gasteiger partial charge in [-0.2, -0.15) is 0 Å². The molecule has 0 aliphatic rings. The van der Waals surface area contributed by atoms with Crippen molar-refractivity contribution >= 4 is 44.7 Å². The average molecular weight is 362 g/mol. The highest BCUT2D eigenvalue weighted by Gasteiger charge is 2.15. The lowest BCUT2D eigenvalue weighted by atomic mass is 10.1. The van der Waals surface area contributed by atoms with E-state index in [1.165, 1.54) is 23.5 Å². The van der Waals surface area contributed by atoms with Crippen LogP contribution in [-0.2, 0) is 0 Å². The molecule has 0 saturated heterocycles. The van der Waals surface area contributed by atoms with Gasteiger partial charge in [0.1, 0.15) is 5.82 Å². The van der Waals surface area contributed by atoms with E-state index in [0.717, 1.165) is 16.9 Å². The zero-order chi connectivity index (χ0) is 14.0. The van der Waals surface area contributed by atoms with Crippen LogP contribution in [0, 0.1) is 5.82 Å². The van der Waals surface area contributed by atoms with Crippen LogP contribution in [0.3, 0.4) is 0 Å². The third kappa shape index (κ3) is 3.25. The molecule has 0 atom stereocenters. The van der Waals surface area contributed by atoms with Gasteiger partial charge in [0, 0.05) is 21.3 Å². The fourth-order valence-corrected chi connectivity index (χ4v) is 4.05. The number of halogens is 3. The first kappa shape index (κ1) is 14.7. The van der Waals surface area contributed by atoms with Gasteiger partial charge >= 0.3 is 0 Å². The summed E-state index contributed by atoms with van der Waals surface area (Å²) in [5.74, 6) is -0.257. The van der Waals surface area contributed by atoms with Crippen LogP contribution >= 0.6 is 38.9 Å². The first-order valence-electron chi connectivity index (χ1n) is 5.81. The minimum Gasteiger partial charge on any atom is -0.293 e. The molecule has 100 valence electrons. The van der Waals surface area contributed by atoms with Gasteiger partial charge in [-0.15, -0.1) is 11.3 Å². The highest BCUT2D eigenvalue weighted by atomic mass is 79.9. The predicted molar refractivity (Wildman–Crippen MR) is 81.7 cm³/mol. The molecule has 1 aromatic heterocycles. The quantitative estimate of drug-likeness (QED) is 0.615. The van der Waals surface area contributed by atoms with Gasteiger partial charge in [0.15, 0.2) is 5.78 Å². The number of Topliss-reactive ketones (excluding diaryl/α,β-unsaturated/α-hetero) is 1. The fraction of sp³-hybridized carbons (Fsp3) is 0.214. The van der Waals surface area contributed by atoms with Crippen LogP contribution in [-0.4, -0.2) is 5.78 Å². The Balaban J connectivity index is 2.41. The first-order chi connectivity index (χ1) is 9.02. The number of rotatable bonds is 4. The molecule has 5 heteroatoms. The van der Waals surface area contributed by atoms with Crippen LogP contribution in [0.1, 0.15) is 29.4 Å². The standard InChI is InChI=1S/C14H11BrClFOS/c1-2-3-11(18)12-4-5-13(19-12)14-9(15)6-8(17)7-10(14)16/h4-7H,2-3H2,1H3. The Bertz CT molecular complexity index is 601. The van der Waals surface area contributed by atoms with Crippen LogP contribution in [0.25, 0.3) is 10.4 Å². The van der Waals surface area contributed by atoms with Crippen molar-refractivity contribution in [3.8, 4) is 10.4 Å². The second-order valence-corrected chi connectivity index (χ2v) is 6.43. The third-order valence-corrected chi connectivity index (χ3v) is 4.68. The van der Waals surface area contributed by atoms with Crippen molar-refractivity contribution in [1.82, 2.24) is 0 Å². The second kappa shape index (κ2) is 6.16. The lowest BCUT2D eigenvalue weighted by Gasteiger charge is -2.05. The number of thiophene rings is 1. The smallest absolute Gasteiger partial charge is 0.172 e. The summed E-state index contributed by atoms with van der Waals surface area (Å²) in [6, 6.07) is 6.28. The molecule has 19 heavy (non-hydrogen) atoms. The van der Waals surface area contributed by atoms with E-state index in [1.54, 1.807) is 6.07 Å². The Morgan fingerprint density at radius 1 is 1.42 bits per heavy atom. The van der Waals surface area contributed by atoms with E-state index in [1.807, 2.05) is 13.0 Å². The minimum atomic E-state index is -0.389. The van der Waals surface area contributed by atoms with E-state index in [2.05, 4.69) is 15.9 Å². The highest BCUT2D eigenvalue weighted by Crippen LogP contribution is 2.39. The highest BCUT2D eigenvalue weighted by molar-refractivity contribution is 9.10. The van der Waals surface area contributed by atoms with E-state index < -0.39 is 0 Å². The predicted octanol–water partition coefficient (Wildman–Crippen LogP) is 5.95. The largest absolute Gasteiger partial charge is 0.293 e. The molecule has 0 saturated carbocycles. The molecule has 1 aromatic carbocycles. The van der Waals surface area contributed by atoms with Crippen molar-refractivity contribution in [2.45, 2.75) is 19.8 Å². The molecule has 2 rings (SSSR count). The molecule has 0 spiro atoms. The van der Waals surface area contributed by atoms with E-state index in [9.17, 15) is 9.18 Å². The number of carbonyl (C=O) groups is 1. The molecule has 0 aliphatic carbocycles. The summed E-state index contributed by atoms with van der Waals surface area (Å²) in [7, 11) is 0. The van der Waals surface area contributed by atoms with Crippen molar-refractivity contribution in [2.24, 2.45) is 0 Å². The van der Waals surface area contributed by atoms with Crippen molar-refractivity contribution in [2.75, 3.05) is 0 Å². The van der Waals surface area contributed by atoms with Gasteiger partial charge in [-0.3, -0.25) is 4.79 Å². The number of benzene rings is 1. The van der Waals surface area contributed by atoms with Gasteiger partial charge in [0.25, 0.3) is 0 Å². The molecule has 2 aromatic rings. The number of ketones is 1. The molecule has 0 amide bonds. The summed E-state index contributed by atoms with van der Waals surface area (Å²) in [6.07, 6.45) is 1.37. The van der Waals surface area contributed by atoms with Crippen molar-refractivity contribution in [3.63, 3.8) is 0 Å². The van der Waals surface area contributed by atoms with Gasteiger partial charge in [0.2, 0.25) is 0 Å². The van der Waals surface area contributed by atoms with E-state index in [4.69, 9.17) is 11.6 Å². The molecule has 1 heterocycles. The zero-order valence-corrected chi connectivity index (χ0v) is 13.3. The van der Waals surface area contributed by atoms with E-state index >= 15 is 0 Å². The molecule has 0 N–H and O–H groups in total. The number of hydrogen-bond donors (Lipinski definition) is 0. The summed E-state index contributed by atoms with van der Waals surface area (Å²) >= 11 is 10.8. The Hall–Kier alpha value is -0.710. The van der Waals surface area contributed by atoms with E-state index in [0.29, 0.717) is 20.8 Å². The summed E-state index contributed by atoms with van der Waals surface area (Å²) in [5.41, 5.74) is 0.726. The van der Waals surface area contributed by atoms with Crippen LogP contribution < -0.4 is 0 Å². The van der Waals surface area contributed by atoms with Crippen LogP contribution in [0.2, 0.25) is 5.02 Å². The summed E-state index contributed by atoms with van der Waals surface area (Å²) in [5, 5.41) is 0.336. The normalized spacial score (nSPS) is 10.7. The van der Waals surface area contributed by atoms with E-state index in [-0.39, 0.29) is 11.6 Å². The number of hydrogen-bond acceptors (Lipinski definition) is 2. The van der Waals surface area contributed by atoms with Crippen LogP contribution in [0.5, 0.6) is 0 Å². The molecule has 0 aliphatic heterocycles. The molecular weight excluding hydrogens is 351 g/mol. The fourth-order valence-electron chi connectivity index (χ4n) is 1.75. The van der Waals surface area contributed by atoms with Crippen molar-refractivity contribution < 1.29 is 9.18 Å². The van der Waals surface area contributed by atoms with Gasteiger partial charge in [0.05, 0.1) is 9.90 Å². The molecule has 0 bridgehead atoms. The SMILES string of the molecule is CCCC(=O)c1ccc(-c2c(Cl)cc(F)cc2Br)s1. The van der Waals surface area contributed by atoms with Gasteiger partial charge in [-0.25, -0.2) is 4.39 Å². The Kier molecular flexibility index (Phi) is 4.76. The molecule has 0 unspecified atom stereocenters. The van der Waals surface area contributed by atoms with Crippen molar-refractivity contribution in [3.05, 3.63) is 44.5 Å². The second-order valence-electron chi connectivity index (χ2n) is 4.08. The van der Waals surface area contributed by atoms with Crippen LogP contribution in [0.4, 0.5) is 4.39 Å². The summed E-state index contributed by atoms with van der Waals surface area (Å²) in [4.78, 5) is 13.4. The third-order valence-electron chi connectivity index (χ3n) is 2.61. The molecule has 0 fully saturated rings. The average Bonchev–Trinajstić information content (AvgIpc) is 2.77. The maximum Gasteiger partial charge on any atom is 0.172 e. The zero-order valence-electron chi connectivity index (χ0n) is 10.2. The molecule has 0 radical (unpaired) electrons. The Morgan fingerprint density at radius 2 is 2.16 bits per heavy atom. The van der Waals surface area contributed by atoms with Gasteiger partial charge in [-0.05, 0) is 46.6 Å². The Morgan fingerprint density at radius 3 is 2.79 bits per heavy atom. The Labute approximate surface area is 128 Å². The lowest BCUT2D eigenvalue weighted by Crippen LogP contribution is -1.93. The summed E-state index contributed by atoms with van der Waals surface area (Å²) in [6.45, 7) is 1.97. The monoisotopic (exact) mass is 360 g/mol. The molecule has 1 nitrogen and oxygen atoms in total.